The molecule has 2 nitrogen and oxygen atoms in total. The van der Waals surface area contributed by atoms with E-state index in [1.807, 2.05) is 0 Å². The van der Waals surface area contributed by atoms with Crippen LogP contribution in [-0.2, 0) is 13.0 Å². The van der Waals surface area contributed by atoms with Crippen molar-refractivity contribution in [1.82, 2.24) is 5.32 Å². The fourth-order valence-corrected chi connectivity index (χ4v) is 2.47. The van der Waals surface area contributed by atoms with E-state index in [-0.39, 0.29) is 12.6 Å². The van der Waals surface area contributed by atoms with Crippen molar-refractivity contribution in [1.29, 1.82) is 0 Å². The van der Waals surface area contributed by atoms with Crippen LogP contribution in [0.2, 0.25) is 0 Å². The maximum absolute atomic E-state index is 9.04. The molecular weight excluding hydrogens is 277 g/mol. The fraction of sp³-hybridized carbons (Fsp3) is 0.400. The second-order valence-corrected chi connectivity index (χ2v) is 4.50. The van der Waals surface area contributed by atoms with Gasteiger partial charge in [0, 0.05) is 16.2 Å². The van der Waals surface area contributed by atoms with Crippen molar-refractivity contribution in [2.75, 3.05) is 6.61 Å². The highest BCUT2D eigenvalue weighted by Crippen LogP contribution is 2.22. The molecular formula is C10H12INO. The summed E-state index contributed by atoms with van der Waals surface area (Å²) in [5.41, 5.74) is 2.78. The Morgan fingerprint density at radius 2 is 2.38 bits per heavy atom. The van der Waals surface area contributed by atoms with Crippen molar-refractivity contribution < 1.29 is 5.11 Å². The van der Waals surface area contributed by atoms with Gasteiger partial charge in [0.25, 0.3) is 0 Å². The Balaban J connectivity index is 2.32. The summed E-state index contributed by atoms with van der Waals surface area (Å²) in [5.74, 6) is 0. The summed E-state index contributed by atoms with van der Waals surface area (Å²) in [5, 5.41) is 12.3. The summed E-state index contributed by atoms with van der Waals surface area (Å²) >= 11 is 2.36. The third kappa shape index (κ3) is 1.87. The standard InChI is InChI=1S/C10H12INO/c11-10-3-1-2-7-5-12-8(6-13)4-9(7)10/h1-3,8,12-13H,4-6H2/t8-/m1/s1. The molecule has 0 radical (unpaired) electrons. The van der Waals surface area contributed by atoms with E-state index < -0.39 is 0 Å². The molecule has 1 aromatic carbocycles. The molecule has 2 N–H and O–H groups in total. The van der Waals surface area contributed by atoms with Crippen LogP contribution in [0.3, 0.4) is 0 Å². The van der Waals surface area contributed by atoms with Gasteiger partial charge < -0.3 is 10.4 Å². The number of nitrogens with one attached hydrogen (secondary N) is 1. The largest absolute Gasteiger partial charge is 0.395 e. The monoisotopic (exact) mass is 289 g/mol. The van der Waals surface area contributed by atoms with Crippen LogP contribution in [0.25, 0.3) is 0 Å². The average molecular weight is 289 g/mol. The van der Waals surface area contributed by atoms with Crippen molar-refractivity contribution in [3.8, 4) is 0 Å². The first kappa shape index (κ1) is 9.43. The lowest BCUT2D eigenvalue weighted by atomic mass is 9.96. The minimum Gasteiger partial charge on any atom is -0.395 e. The van der Waals surface area contributed by atoms with Crippen molar-refractivity contribution in [3.05, 3.63) is 32.9 Å². The van der Waals surface area contributed by atoms with Gasteiger partial charge in [0.15, 0.2) is 0 Å². The molecule has 0 amide bonds. The van der Waals surface area contributed by atoms with E-state index in [1.54, 1.807) is 0 Å². The SMILES string of the molecule is OC[C@H]1Cc2c(I)cccc2CN1. The Morgan fingerprint density at radius 1 is 1.54 bits per heavy atom. The highest BCUT2D eigenvalue weighted by Gasteiger charge is 2.18. The van der Waals surface area contributed by atoms with E-state index >= 15 is 0 Å². The first-order valence-electron chi connectivity index (χ1n) is 4.42. The predicted octanol–water partition coefficient (Wildman–Crippen LogP) is 1.30. The lowest BCUT2D eigenvalue weighted by Crippen LogP contribution is -2.38. The number of aliphatic hydroxyl groups excluding tert-OH is 1. The van der Waals surface area contributed by atoms with Crippen LogP contribution in [0.1, 0.15) is 11.1 Å². The number of aliphatic hydroxyl groups is 1. The van der Waals surface area contributed by atoms with Crippen LogP contribution in [-0.4, -0.2) is 17.8 Å². The molecule has 0 bridgehead atoms. The summed E-state index contributed by atoms with van der Waals surface area (Å²) in [6, 6.07) is 6.60. The molecule has 0 spiro atoms. The molecule has 1 aromatic rings. The molecule has 1 aliphatic heterocycles. The fourth-order valence-electron chi connectivity index (χ4n) is 1.70. The number of fused-ring (bicyclic) bond motifs is 1. The Kier molecular flexibility index (Phi) is 2.86. The van der Waals surface area contributed by atoms with Crippen molar-refractivity contribution >= 4 is 22.6 Å². The van der Waals surface area contributed by atoms with E-state index in [0.29, 0.717) is 0 Å². The summed E-state index contributed by atoms with van der Waals surface area (Å²) in [4.78, 5) is 0. The van der Waals surface area contributed by atoms with Crippen LogP contribution in [0.4, 0.5) is 0 Å². The first-order valence-corrected chi connectivity index (χ1v) is 5.49. The van der Waals surface area contributed by atoms with Gasteiger partial charge >= 0.3 is 0 Å². The van der Waals surface area contributed by atoms with E-state index in [9.17, 15) is 0 Å². The van der Waals surface area contributed by atoms with Crippen molar-refractivity contribution in [3.63, 3.8) is 0 Å². The molecule has 1 heterocycles. The summed E-state index contributed by atoms with van der Waals surface area (Å²) in [7, 11) is 0. The van der Waals surface area contributed by atoms with Crippen LogP contribution in [0, 0.1) is 3.57 Å². The minimum atomic E-state index is 0.227. The van der Waals surface area contributed by atoms with Gasteiger partial charge in [-0.2, -0.15) is 0 Å². The first-order chi connectivity index (χ1) is 6.31. The van der Waals surface area contributed by atoms with E-state index in [0.717, 1.165) is 13.0 Å². The van der Waals surface area contributed by atoms with Crippen LogP contribution >= 0.6 is 22.6 Å². The molecule has 0 fully saturated rings. The zero-order valence-electron chi connectivity index (χ0n) is 7.26. The Bertz CT molecular complexity index is 314. The quantitative estimate of drug-likeness (QED) is 0.764. The third-order valence-corrected chi connectivity index (χ3v) is 3.48. The molecule has 70 valence electrons. The summed E-state index contributed by atoms with van der Waals surface area (Å²) in [6.07, 6.45) is 0.949. The van der Waals surface area contributed by atoms with Gasteiger partial charge in [-0.05, 0) is 46.2 Å². The number of rotatable bonds is 1. The number of hydrogen-bond donors (Lipinski definition) is 2. The third-order valence-electron chi connectivity index (χ3n) is 2.47. The second-order valence-electron chi connectivity index (χ2n) is 3.34. The zero-order valence-corrected chi connectivity index (χ0v) is 9.41. The van der Waals surface area contributed by atoms with E-state index in [1.165, 1.54) is 14.7 Å². The van der Waals surface area contributed by atoms with Crippen LogP contribution in [0.5, 0.6) is 0 Å². The average Bonchev–Trinajstić information content (AvgIpc) is 2.18. The predicted molar refractivity (Wildman–Crippen MR) is 60.6 cm³/mol. The molecule has 2 rings (SSSR count). The van der Waals surface area contributed by atoms with Gasteiger partial charge in [0.2, 0.25) is 0 Å². The number of benzene rings is 1. The molecule has 0 unspecified atom stereocenters. The number of halogens is 1. The van der Waals surface area contributed by atoms with E-state index in [4.69, 9.17) is 5.11 Å². The summed E-state index contributed by atoms with van der Waals surface area (Å²) < 4.78 is 1.31. The molecule has 0 aromatic heterocycles. The van der Waals surface area contributed by atoms with Gasteiger partial charge in [-0.3, -0.25) is 0 Å². The normalized spacial score (nSPS) is 21.2. The van der Waals surface area contributed by atoms with Crippen molar-refractivity contribution in [2.24, 2.45) is 0 Å². The van der Waals surface area contributed by atoms with Gasteiger partial charge in [-0.25, -0.2) is 0 Å². The highest BCUT2D eigenvalue weighted by molar-refractivity contribution is 14.1. The molecule has 0 aliphatic carbocycles. The van der Waals surface area contributed by atoms with Gasteiger partial charge in [0.05, 0.1) is 6.61 Å². The molecule has 0 saturated carbocycles. The molecule has 1 aliphatic rings. The van der Waals surface area contributed by atoms with Crippen LogP contribution in [0.15, 0.2) is 18.2 Å². The van der Waals surface area contributed by atoms with E-state index in [2.05, 4.69) is 46.1 Å². The molecule has 0 saturated heterocycles. The highest BCUT2D eigenvalue weighted by atomic mass is 127. The lowest BCUT2D eigenvalue weighted by Gasteiger charge is -2.25. The van der Waals surface area contributed by atoms with Gasteiger partial charge in [-0.15, -0.1) is 0 Å². The lowest BCUT2D eigenvalue weighted by molar-refractivity contribution is 0.235. The maximum Gasteiger partial charge on any atom is 0.0587 e. The van der Waals surface area contributed by atoms with Gasteiger partial charge in [0.1, 0.15) is 0 Å². The molecule has 13 heavy (non-hydrogen) atoms. The Morgan fingerprint density at radius 3 is 3.15 bits per heavy atom. The topological polar surface area (TPSA) is 32.3 Å². The minimum absolute atomic E-state index is 0.227. The van der Waals surface area contributed by atoms with Crippen molar-refractivity contribution in [2.45, 2.75) is 19.0 Å². The smallest absolute Gasteiger partial charge is 0.0587 e. The zero-order chi connectivity index (χ0) is 9.26. The van der Waals surface area contributed by atoms with Crippen LogP contribution < -0.4 is 5.32 Å². The van der Waals surface area contributed by atoms with Gasteiger partial charge in [-0.1, -0.05) is 12.1 Å². The Labute approximate surface area is 91.5 Å². The number of hydrogen-bond acceptors (Lipinski definition) is 2. The Hall–Kier alpha value is -0.130. The molecule has 3 heteroatoms. The summed E-state index contributed by atoms with van der Waals surface area (Å²) in [6.45, 7) is 1.11. The second kappa shape index (κ2) is 3.94. The maximum atomic E-state index is 9.04. The molecule has 1 atom stereocenters.